The molecule has 0 saturated carbocycles. The fourth-order valence-electron chi connectivity index (χ4n) is 8.40. The minimum atomic E-state index is 1.08. The molecule has 10 rings (SSSR count). The van der Waals surface area contributed by atoms with Crippen molar-refractivity contribution in [1.29, 1.82) is 0 Å². The van der Waals surface area contributed by atoms with Crippen molar-refractivity contribution in [2.24, 2.45) is 0 Å². The van der Waals surface area contributed by atoms with Gasteiger partial charge < -0.3 is 4.90 Å². The quantitative estimate of drug-likeness (QED) is 0.142. The summed E-state index contributed by atoms with van der Waals surface area (Å²) in [5, 5.41) is 2.48. The number of anilines is 3. The first-order valence-electron chi connectivity index (χ1n) is 20.3. The van der Waals surface area contributed by atoms with E-state index in [2.05, 4.69) is 254 Å². The normalized spacial score (nSPS) is 11.1. The highest BCUT2D eigenvalue weighted by molar-refractivity contribution is 6.02. The lowest BCUT2D eigenvalue weighted by molar-refractivity contribution is 1.28. The number of hydrogen-bond donors (Lipinski definition) is 0. The molecule has 0 amide bonds. The van der Waals surface area contributed by atoms with Gasteiger partial charge in [-0.05, 0) is 96.7 Å². The van der Waals surface area contributed by atoms with Crippen LogP contribution in [-0.4, -0.2) is 0 Å². The summed E-state index contributed by atoms with van der Waals surface area (Å²) in [5.74, 6) is 0. The number of hydrogen-bond acceptors (Lipinski definition) is 1. The SMILES string of the molecule is c1ccc(-c2ccc(-c3ccccc3N(c3ccc(-c4ccc5ccccc5c4)cc3)c3cccc(-c4ccccc4)c3-c3ccccc3-c3ccccc3)cc2)cc1. The van der Waals surface area contributed by atoms with Gasteiger partial charge in [0.15, 0.2) is 0 Å². The van der Waals surface area contributed by atoms with Crippen molar-refractivity contribution in [2.75, 3.05) is 4.90 Å². The summed E-state index contributed by atoms with van der Waals surface area (Å²) in [6.07, 6.45) is 0. The first-order chi connectivity index (χ1) is 29.3. The van der Waals surface area contributed by atoms with Crippen LogP contribution in [0.2, 0.25) is 0 Å². The molecule has 0 aliphatic rings. The van der Waals surface area contributed by atoms with Crippen LogP contribution in [-0.2, 0) is 0 Å². The number of benzene rings is 10. The molecule has 0 heterocycles. The van der Waals surface area contributed by atoms with E-state index in [1.807, 2.05) is 0 Å². The second-order valence-electron chi connectivity index (χ2n) is 14.9. The number of para-hydroxylation sites is 1. The Morgan fingerprint density at radius 2 is 0.644 bits per heavy atom. The standard InChI is InChI=1S/C58H41N/c1-4-17-42(18-5-1)44-31-34-48(35-32-44)53-26-14-15-29-56(53)59(51-39-37-45(38-40-51)50-36-33-43-19-10-11-24-49(43)41-50)57-30-16-28-54(47-22-8-3-9-23-47)58(57)55-27-13-12-25-52(55)46-20-6-2-7-21-46/h1-41H. The smallest absolute Gasteiger partial charge is 0.0546 e. The second kappa shape index (κ2) is 16.0. The Bertz CT molecular complexity index is 3000. The van der Waals surface area contributed by atoms with Gasteiger partial charge in [0.1, 0.15) is 0 Å². The molecule has 0 aliphatic carbocycles. The molecule has 0 unspecified atom stereocenters. The van der Waals surface area contributed by atoms with E-state index in [1.165, 1.54) is 66.4 Å². The first-order valence-corrected chi connectivity index (χ1v) is 20.3. The van der Waals surface area contributed by atoms with E-state index < -0.39 is 0 Å². The molecule has 0 N–H and O–H groups in total. The molecule has 278 valence electrons. The number of rotatable bonds is 9. The van der Waals surface area contributed by atoms with E-state index in [1.54, 1.807) is 0 Å². The fourth-order valence-corrected chi connectivity index (χ4v) is 8.40. The largest absolute Gasteiger partial charge is 0.309 e. The van der Waals surface area contributed by atoms with Gasteiger partial charge in [0.2, 0.25) is 0 Å². The van der Waals surface area contributed by atoms with E-state index in [-0.39, 0.29) is 0 Å². The van der Waals surface area contributed by atoms with Crippen LogP contribution in [0.5, 0.6) is 0 Å². The predicted octanol–water partition coefficient (Wildman–Crippen LogP) is 16.3. The van der Waals surface area contributed by atoms with Crippen molar-refractivity contribution in [3.05, 3.63) is 249 Å². The molecular weight excluding hydrogens is 711 g/mol. The molecule has 1 nitrogen and oxygen atoms in total. The van der Waals surface area contributed by atoms with E-state index >= 15 is 0 Å². The molecule has 0 aromatic heterocycles. The Morgan fingerprint density at radius 1 is 0.220 bits per heavy atom. The summed E-state index contributed by atoms with van der Waals surface area (Å²) in [4.78, 5) is 2.47. The predicted molar refractivity (Wildman–Crippen MR) is 251 cm³/mol. The van der Waals surface area contributed by atoms with Gasteiger partial charge in [-0.2, -0.15) is 0 Å². The average molecular weight is 752 g/mol. The van der Waals surface area contributed by atoms with Crippen LogP contribution in [0.3, 0.4) is 0 Å². The van der Waals surface area contributed by atoms with Crippen LogP contribution in [0.1, 0.15) is 0 Å². The lowest BCUT2D eigenvalue weighted by Crippen LogP contribution is -2.13. The van der Waals surface area contributed by atoms with Crippen molar-refractivity contribution in [2.45, 2.75) is 0 Å². The highest BCUT2D eigenvalue weighted by atomic mass is 15.1. The van der Waals surface area contributed by atoms with E-state index in [9.17, 15) is 0 Å². The third-order valence-electron chi connectivity index (χ3n) is 11.3. The number of fused-ring (bicyclic) bond motifs is 1. The lowest BCUT2D eigenvalue weighted by Gasteiger charge is -2.31. The van der Waals surface area contributed by atoms with E-state index in [0.717, 1.165) is 28.2 Å². The summed E-state index contributed by atoms with van der Waals surface area (Å²) in [5.41, 5.74) is 17.4. The zero-order valence-electron chi connectivity index (χ0n) is 32.6. The molecule has 1 heteroatoms. The monoisotopic (exact) mass is 751 g/mol. The zero-order valence-corrected chi connectivity index (χ0v) is 32.6. The van der Waals surface area contributed by atoms with Crippen molar-refractivity contribution in [1.82, 2.24) is 0 Å². The second-order valence-corrected chi connectivity index (χ2v) is 14.9. The highest BCUT2D eigenvalue weighted by Gasteiger charge is 2.24. The van der Waals surface area contributed by atoms with Gasteiger partial charge in [0.25, 0.3) is 0 Å². The van der Waals surface area contributed by atoms with Crippen molar-refractivity contribution < 1.29 is 0 Å². The Kier molecular flexibility index (Phi) is 9.68. The van der Waals surface area contributed by atoms with Crippen LogP contribution >= 0.6 is 0 Å². The van der Waals surface area contributed by atoms with Gasteiger partial charge in [-0.15, -0.1) is 0 Å². The van der Waals surface area contributed by atoms with Gasteiger partial charge in [-0.1, -0.05) is 218 Å². The molecule has 10 aromatic carbocycles. The maximum Gasteiger partial charge on any atom is 0.0546 e. The first kappa shape index (κ1) is 35.7. The van der Waals surface area contributed by atoms with Crippen LogP contribution < -0.4 is 4.90 Å². The fraction of sp³-hybridized carbons (Fsp3) is 0. The van der Waals surface area contributed by atoms with Crippen LogP contribution in [0.25, 0.3) is 77.5 Å². The molecule has 0 radical (unpaired) electrons. The van der Waals surface area contributed by atoms with Gasteiger partial charge in [0.05, 0.1) is 11.4 Å². The topological polar surface area (TPSA) is 3.24 Å². The lowest BCUT2D eigenvalue weighted by atomic mass is 9.87. The van der Waals surface area contributed by atoms with Crippen molar-refractivity contribution in [3.63, 3.8) is 0 Å². The summed E-state index contributed by atoms with van der Waals surface area (Å²) < 4.78 is 0. The Morgan fingerprint density at radius 3 is 1.34 bits per heavy atom. The minimum absolute atomic E-state index is 1.08. The summed E-state index contributed by atoms with van der Waals surface area (Å²) >= 11 is 0. The van der Waals surface area contributed by atoms with Crippen molar-refractivity contribution >= 4 is 27.8 Å². The van der Waals surface area contributed by atoms with Gasteiger partial charge in [-0.3, -0.25) is 0 Å². The van der Waals surface area contributed by atoms with E-state index in [0.29, 0.717) is 0 Å². The average Bonchev–Trinajstić information content (AvgIpc) is 3.33. The Hall–Kier alpha value is -7.74. The van der Waals surface area contributed by atoms with Crippen LogP contribution in [0.15, 0.2) is 249 Å². The third-order valence-corrected chi connectivity index (χ3v) is 11.3. The molecule has 0 spiro atoms. The molecule has 0 aliphatic heterocycles. The van der Waals surface area contributed by atoms with E-state index in [4.69, 9.17) is 0 Å². The molecule has 0 saturated heterocycles. The minimum Gasteiger partial charge on any atom is -0.309 e. The highest BCUT2D eigenvalue weighted by Crippen LogP contribution is 2.50. The molecule has 0 fully saturated rings. The van der Waals surface area contributed by atoms with Gasteiger partial charge in [-0.25, -0.2) is 0 Å². The number of nitrogens with zero attached hydrogens (tertiary/aromatic N) is 1. The molecule has 0 bridgehead atoms. The van der Waals surface area contributed by atoms with Gasteiger partial charge in [0, 0.05) is 16.8 Å². The Labute approximate surface area is 346 Å². The molecule has 59 heavy (non-hydrogen) atoms. The third kappa shape index (κ3) is 7.12. The summed E-state index contributed by atoms with van der Waals surface area (Å²) in [7, 11) is 0. The van der Waals surface area contributed by atoms with Gasteiger partial charge >= 0.3 is 0 Å². The Balaban J connectivity index is 1.20. The summed E-state index contributed by atoms with van der Waals surface area (Å²) in [6, 6.07) is 90.0. The zero-order chi connectivity index (χ0) is 39.4. The van der Waals surface area contributed by atoms with Crippen molar-refractivity contribution in [3.8, 4) is 66.8 Å². The molecule has 0 atom stereocenters. The molecular formula is C58H41N. The summed E-state index contributed by atoms with van der Waals surface area (Å²) in [6.45, 7) is 0. The maximum absolute atomic E-state index is 2.47. The van der Waals surface area contributed by atoms with Crippen LogP contribution in [0, 0.1) is 0 Å². The van der Waals surface area contributed by atoms with Crippen LogP contribution in [0.4, 0.5) is 17.1 Å². The molecule has 10 aromatic rings. The maximum atomic E-state index is 2.47.